The number of phenolic OH excluding ortho intramolecular Hbond substituents is 1. The molecule has 0 radical (unpaired) electrons. The van der Waals surface area contributed by atoms with Crippen molar-refractivity contribution in [3.8, 4) is 34.3 Å². The molecule has 2 saturated carbocycles. The first-order chi connectivity index (χ1) is 24.4. The Morgan fingerprint density at radius 2 is 1.71 bits per heavy atom. The molecule has 7 rings (SSSR count). The summed E-state index contributed by atoms with van der Waals surface area (Å²) in [7, 11) is 0. The molecule has 3 heterocycles. The van der Waals surface area contributed by atoms with Crippen molar-refractivity contribution in [3.63, 3.8) is 0 Å². The van der Waals surface area contributed by atoms with Gasteiger partial charge < -0.3 is 64.6 Å². The predicted octanol–water partition coefficient (Wildman–Crippen LogP) is 2.07. The van der Waals surface area contributed by atoms with Crippen LogP contribution in [0.5, 0.6) is 23.0 Å². The van der Waals surface area contributed by atoms with E-state index in [1.807, 2.05) is 0 Å². The summed E-state index contributed by atoms with van der Waals surface area (Å²) in [5, 5.41) is 72.4. The number of rotatable bonds is 10. The SMILES string of the molecule is O=C(O)C1OC(Oc2cc3oc(-c4ccc(OC5CCCC5)cc4)cc(=O)c3c(O)c2OC2(O)CCCCC2)C(O)C(O)C1(O)CC1CNCN1. The van der Waals surface area contributed by atoms with Crippen molar-refractivity contribution in [2.75, 3.05) is 13.2 Å². The molecule has 2 aromatic carbocycles. The molecular formula is C36H44N2O13. The lowest BCUT2D eigenvalue weighted by Crippen LogP contribution is -2.70. The van der Waals surface area contributed by atoms with Crippen molar-refractivity contribution >= 4 is 16.9 Å². The van der Waals surface area contributed by atoms with Crippen LogP contribution in [-0.2, 0) is 9.53 Å². The number of fused-ring (bicyclic) bond motifs is 1. The molecule has 2 saturated heterocycles. The van der Waals surface area contributed by atoms with Crippen molar-refractivity contribution in [1.82, 2.24) is 10.6 Å². The smallest absolute Gasteiger partial charge is 0.336 e. The zero-order chi connectivity index (χ0) is 35.9. The highest BCUT2D eigenvalue weighted by atomic mass is 16.7. The quantitative estimate of drug-likeness (QED) is 0.141. The number of carboxylic acids is 1. The molecule has 276 valence electrons. The summed E-state index contributed by atoms with van der Waals surface area (Å²) in [4.78, 5) is 25.9. The van der Waals surface area contributed by atoms with E-state index in [0.29, 0.717) is 37.4 Å². The fourth-order valence-electron chi connectivity index (χ4n) is 7.61. The second kappa shape index (κ2) is 14.2. The number of aromatic hydroxyl groups is 1. The molecular weight excluding hydrogens is 668 g/mol. The van der Waals surface area contributed by atoms with Gasteiger partial charge >= 0.3 is 5.97 Å². The number of carbonyl (C=O) groups is 1. The Balaban J connectivity index is 1.24. The molecule has 0 amide bonds. The summed E-state index contributed by atoms with van der Waals surface area (Å²) in [6.07, 6.45) is -1.38. The first kappa shape index (κ1) is 35.4. The molecule has 2 aliphatic carbocycles. The molecule has 0 spiro atoms. The minimum Gasteiger partial charge on any atom is -0.504 e. The van der Waals surface area contributed by atoms with Crippen LogP contribution in [0.15, 0.2) is 45.6 Å². The van der Waals surface area contributed by atoms with Gasteiger partial charge in [-0.05, 0) is 69.2 Å². The van der Waals surface area contributed by atoms with Gasteiger partial charge in [-0.1, -0.05) is 6.42 Å². The maximum Gasteiger partial charge on any atom is 0.336 e. The highest BCUT2D eigenvalue weighted by Crippen LogP contribution is 2.47. The van der Waals surface area contributed by atoms with E-state index in [0.717, 1.165) is 32.1 Å². The third kappa shape index (κ3) is 7.11. The van der Waals surface area contributed by atoms with Crippen molar-refractivity contribution in [3.05, 3.63) is 46.6 Å². The van der Waals surface area contributed by atoms with E-state index in [2.05, 4.69) is 10.6 Å². The molecule has 8 N–H and O–H groups in total. The lowest BCUT2D eigenvalue weighted by atomic mass is 9.79. The van der Waals surface area contributed by atoms with E-state index >= 15 is 0 Å². The van der Waals surface area contributed by atoms with Crippen molar-refractivity contribution in [1.29, 1.82) is 0 Å². The number of aliphatic hydroxyl groups excluding tert-OH is 2. The molecule has 0 bridgehead atoms. The number of hydrogen-bond donors (Lipinski definition) is 8. The van der Waals surface area contributed by atoms with Gasteiger partial charge in [0, 0.05) is 49.8 Å². The topological polar surface area (TPSA) is 230 Å². The number of ether oxygens (including phenoxy) is 4. The van der Waals surface area contributed by atoms with Gasteiger partial charge in [0.2, 0.25) is 17.8 Å². The number of phenols is 1. The van der Waals surface area contributed by atoms with Crippen LogP contribution >= 0.6 is 0 Å². The number of aliphatic carboxylic acids is 1. The zero-order valence-electron chi connectivity index (χ0n) is 28.0. The summed E-state index contributed by atoms with van der Waals surface area (Å²) in [5.74, 6) is -4.11. The maximum absolute atomic E-state index is 13.5. The van der Waals surface area contributed by atoms with E-state index < -0.39 is 64.9 Å². The van der Waals surface area contributed by atoms with Gasteiger partial charge in [-0.25, -0.2) is 4.79 Å². The summed E-state index contributed by atoms with van der Waals surface area (Å²) in [6, 6.07) is 9.01. The van der Waals surface area contributed by atoms with E-state index in [4.69, 9.17) is 23.4 Å². The van der Waals surface area contributed by atoms with Crippen LogP contribution in [0.3, 0.4) is 0 Å². The maximum atomic E-state index is 13.5. The third-order valence-electron chi connectivity index (χ3n) is 10.4. The predicted molar refractivity (Wildman–Crippen MR) is 179 cm³/mol. The number of hydrogen-bond acceptors (Lipinski definition) is 14. The number of aliphatic hydroxyl groups is 4. The first-order valence-corrected chi connectivity index (χ1v) is 17.5. The highest BCUT2D eigenvalue weighted by molar-refractivity contribution is 5.89. The summed E-state index contributed by atoms with van der Waals surface area (Å²) in [6.45, 7) is 0.783. The molecule has 4 fully saturated rings. The van der Waals surface area contributed by atoms with E-state index in [1.165, 1.54) is 12.1 Å². The van der Waals surface area contributed by atoms with Gasteiger partial charge in [-0.15, -0.1) is 0 Å². The number of carboxylic acid groups (broad SMARTS) is 1. The molecule has 2 aliphatic heterocycles. The second-order valence-electron chi connectivity index (χ2n) is 14.1. The van der Waals surface area contributed by atoms with Gasteiger partial charge in [0.1, 0.15) is 40.3 Å². The van der Waals surface area contributed by atoms with Gasteiger partial charge in [-0.2, -0.15) is 0 Å². The average Bonchev–Trinajstić information content (AvgIpc) is 3.82. The Labute approximate surface area is 292 Å². The van der Waals surface area contributed by atoms with E-state index in [9.17, 15) is 40.2 Å². The van der Waals surface area contributed by atoms with Gasteiger partial charge in [0.15, 0.2) is 23.0 Å². The van der Waals surface area contributed by atoms with Crippen LogP contribution in [0, 0.1) is 0 Å². The molecule has 6 atom stereocenters. The van der Waals surface area contributed by atoms with Crippen LogP contribution in [0.1, 0.15) is 64.2 Å². The van der Waals surface area contributed by atoms with Crippen LogP contribution in [0.4, 0.5) is 0 Å². The zero-order valence-corrected chi connectivity index (χ0v) is 28.0. The Bertz CT molecular complexity index is 1780. The monoisotopic (exact) mass is 712 g/mol. The summed E-state index contributed by atoms with van der Waals surface area (Å²) < 4.78 is 29.7. The first-order valence-electron chi connectivity index (χ1n) is 17.5. The Kier molecular flexibility index (Phi) is 9.88. The fraction of sp³-hybridized carbons (Fsp3) is 0.556. The normalized spacial score (nSPS) is 29.6. The lowest BCUT2D eigenvalue weighted by Gasteiger charge is -2.47. The van der Waals surface area contributed by atoms with Gasteiger partial charge in [0.25, 0.3) is 0 Å². The van der Waals surface area contributed by atoms with Crippen molar-refractivity contribution < 1.29 is 58.8 Å². The fourth-order valence-corrected chi connectivity index (χ4v) is 7.61. The molecule has 15 nitrogen and oxygen atoms in total. The van der Waals surface area contributed by atoms with Crippen LogP contribution in [-0.4, -0.2) is 98.0 Å². The van der Waals surface area contributed by atoms with Gasteiger partial charge in [-0.3, -0.25) is 4.79 Å². The number of nitrogens with one attached hydrogen (secondary N) is 2. The third-order valence-corrected chi connectivity index (χ3v) is 10.4. The van der Waals surface area contributed by atoms with E-state index in [1.54, 1.807) is 24.3 Å². The van der Waals surface area contributed by atoms with Crippen LogP contribution < -0.4 is 30.3 Å². The Morgan fingerprint density at radius 3 is 2.37 bits per heavy atom. The average molecular weight is 713 g/mol. The second-order valence-corrected chi connectivity index (χ2v) is 14.1. The van der Waals surface area contributed by atoms with Gasteiger partial charge in [0.05, 0.1) is 6.10 Å². The molecule has 15 heteroatoms. The van der Waals surface area contributed by atoms with Crippen molar-refractivity contribution in [2.24, 2.45) is 0 Å². The van der Waals surface area contributed by atoms with Crippen LogP contribution in [0.25, 0.3) is 22.3 Å². The van der Waals surface area contributed by atoms with Crippen LogP contribution in [0.2, 0.25) is 0 Å². The minimum atomic E-state index is -2.42. The Morgan fingerprint density at radius 1 is 0.980 bits per heavy atom. The molecule has 51 heavy (non-hydrogen) atoms. The number of benzene rings is 2. The molecule has 1 aromatic heterocycles. The van der Waals surface area contributed by atoms with E-state index in [-0.39, 0.29) is 47.8 Å². The van der Waals surface area contributed by atoms with Crippen molar-refractivity contribution in [2.45, 2.75) is 112 Å². The molecule has 4 aliphatic rings. The summed E-state index contributed by atoms with van der Waals surface area (Å²) in [5.41, 5.74) is -2.67. The Hall–Kier alpha value is -3.96. The standard InChI is InChI=1S/C36H44N2O13/c39-23-14-24(19-8-10-22(11-9-19)47-21-6-2-3-7-21)48-25-15-26(30(28(40)27(23)25)51-35(45)12-4-1-5-13-35)49-34-29(41)31(42)36(46,32(50-34)33(43)44)16-20-17-37-18-38-20/h8-11,14-15,20-21,29,31-32,34,37-38,40-42,45-46H,1-7,12-13,16-18H2,(H,43,44). The molecule has 6 unspecified atom stereocenters. The minimum absolute atomic E-state index is 0.153. The highest BCUT2D eigenvalue weighted by Gasteiger charge is 2.59. The lowest BCUT2D eigenvalue weighted by molar-refractivity contribution is -0.307. The largest absolute Gasteiger partial charge is 0.504 e. The molecule has 3 aromatic rings. The summed E-state index contributed by atoms with van der Waals surface area (Å²) >= 11 is 0.